The van der Waals surface area contributed by atoms with E-state index < -0.39 is 10.8 Å². The van der Waals surface area contributed by atoms with Crippen LogP contribution < -0.4 is 10.2 Å². The lowest BCUT2D eigenvalue weighted by Crippen LogP contribution is -2.45. The van der Waals surface area contributed by atoms with Crippen LogP contribution in [0.25, 0.3) is 10.9 Å². The third kappa shape index (κ3) is 5.24. The Morgan fingerprint density at radius 1 is 1.13 bits per heavy atom. The normalized spacial score (nSPS) is 16.0. The van der Waals surface area contributed by atoms with Crippen LogP contribution in [0.4, 0.5) is 11.8 Å². The van der Waals surface area contributed by atoms with Crippen LogP contribution in [0.1, 0.15) is 5.56 Å². The van der Waals surface area contributed by atoms with Crippen LogP contribution in [0, 0.1) is 0 Å². The lowest BCUT2D eigenvalue weighted by molar-refractivity contribution is 0.311. The van der Waals surface area contributed by atoms with E-state index in [4.69, 9.17) is 21.6 Å². The van der Waals surface area contributed by atoms with Gasteiger partial charge in [0.15, 0.2) is 0 Å². The molecule has 9 heteroatoms. The number of pyridine rings is 1. The fourth-order valence-electron chi connectivity index (χ4n) is 3.39. The molecule has 0 radical (unpaired) electrons. The van der Waals surface area contributed by atoms with Crippen LogP contribution >= 0.6 is 11.6 Å². The van der Waals surface area contributed by atoms with Gasteiger partial charge in [0.05, 0.1) is 11.7 Å². The Balaban J connectivity index is 1.48. The molecule has 30 heavy (non-hydrogen) atoms. The quantitative estimate of drug-likeness (QED) is 0.561. The van der Waals surface area contributed by atoms with Gasteiger partial charge in [-0.25, -0.2) is 9.97 Å². The number of likely N-dealkylation sites (N-methyl/N-ethyl adjacent to an activating group) is 1. The highest BCUT2D eigenvalue weighted by atomic mass is 35.5. The van der Waals surface area contributed by atoms with Gasteiger partial charge < -0.3 is 15.1 Å². The number of fused-ring (bicyclic) bond motifs is 1. The number of benzene rings is 1. The molecule has 1 N–H and O–H groups in total. The zero-order valence-corrected chi connectivity index (χ0v) is 18.5. The molecule has 4 rings (SSSR count). The summed E-state index contributed by atoms with van der Waals surface area (Å²) in [4.78, 5) is 18.1. The van der Waals surface area contributed by atoms with Gasteiger partial charge in [0.25, 0.3) is 0 Å². The molecule has 158 valence electrons. The number of hydrogen-bond acceptors (Lipinski definition) is 7. The smallest absolute Gasteiger partial charge is 0.228 e. The minimum Gasteiger partial charge on any atom is -0.368 e. The molecule has 2 aromatic heterocycles. The summed E-state index contributed by atoms with van der Waals surface area (Å²) in [6, 6.07) is 11.7. The third-order valence-corrected chi connectivity index (χ3v) is 6.64. The van der Waals surface area contributed by atoms with Gasteiger partial charge in [-0.1, -0.05) is 41.9 Å². The van der Waals surface area contributed by atoms with Crippen molar-refractivity contribution in [2.24, 2.45) is 0 Å². The lowest BCUT2D eigenvalue weighted by atomic mass is 10.2. The molecule has 1 atom stereocenters. The SMILES string of the molecule is CN1CCN(c2nc(NCCS(=O)Cc3ccccc3)c3cc(Cl)ncc3n2)CC1. The summed E-state index contributed by atoms with van der Waals surface area (Å²) in [5, 5.41) is 4.57. The molecule has 0 spiro atoms. The van der Waals surface area contributed by atoms with Gasteiger partial charge >= 0.3 is 0 Å². The Morgan fingerprint density at radius 2 is 1.90 bits per heavy atom. The highest BCUT2D eigenvalue weighted by Gasteiger charge is 2.19. The number of halogens is 1. The van der Waals surface area contributed by atoms with Crippen LogP contribution in [-0.4, -0.2) is 69.6 Å². The number of piperazine rings is 1. The second-order valence-electron chi connectivity index (χ2n) is 7.39. The summed E-state index contributed by atoms with van der Waals surface area (Å²) in [5.74, 6) is 2.47. The molecule has 1 aliphatic rings. The van der Waals surface area contributed by atoms with Crippen LogP contribution in [0.3, 0.4) is 0 Å². The highest BCUT2D eigenvalue weighted by molar-refractivity contribution is 7.84. The summed E-state index contributed by atoms with van der Waals surface area (Å²) in [5.41, 5.74) is 1.83. The maximum Gasteiger partial charge on any atom is 0.228 e. The molecular formula is C21H25ClN6OS. The van der Waals surface area contributed by atoms with E-state index in [-0.39, 0.29) is 0 Å². The number of aromatic nitrogens is 3. The van der Waals surface area contributed by atoms with E-state index in [1.54, 1.807) is 12.3 Å². The molecule has 7 nitrogen and oxygen atoms in total. The average Bonchev–Trinajstić information content (AvgIpc) is 2.75. The van der Waals surface area contributed by atoms with Gasteiger partial charge in [-0.05, 0) is 18.7 Å². The van der Waals surface area contributed by atoms with Gasteiger partial charge in [-0.3, -0.25) is 4.21 Å². The van der Waals surface area contributed by atoms with Crippen molar-refractivity contribution in [1.82, 2.24) is 19.9 Å². The molecule has 1 fully saturated rings. The maximum absolute atomic E-state index is 12.5. The number of anilines is 2. The van der Waals surface area contributed by atoms with Gasteiger partial charge in [0.2, 0.25) is 5.95 Å². The first-order chi connectivity index (χ1) is 14.6. The summed E-state index contributed by atoms with van der Waals surface area (Å²) in [6.45, 7) is 4.25. The van der Waals surface area contributed by atoms with Crippen molar-refractivity contribution in [2.45, 2.75) is 5.75 Å². The largest absolute Gasteiger partial charge is 0.368 e. The van der Waals surface area contributed by atoms with E-state index in [0.717, 1.165) is 42.6 Å². The third-order valence-electron chi connectivity index (χ3n) is 5.12. The van der Waals surface area contributed by atoms with Gasteiger partial charge in [-0.15, -0.1) is 0 Å². The van der Waals surface area contributed by atoms with Crippen molar-refractivity contribution in [3.05, 3.63) is 53.3 Å². The zero-order valence-electron chi connectivity index (χ0n) is 16.9. The van der Waals surface area contributed by atoms with E-state index in [1.165, 1.54) is 0 Å². The van der Waals surface area contributed by atoms with Crippen molar-refractivity contribution >= 4 is 45.1 Å². The molecule has 0 bridgehead atoms. The minimum atomic E-state index is -0.957. The molecule has 3 heterocycles. The molecule has 1 unspecified atom stereocenters. The fourth-order valence-corrected chi connectivity index (χ4v) is 4.59. The molecule has 0 amide bonds. The van der Waals surface area contributed by atoms with Crippen molar-refractivity contribution in [3.8, 4) is 0 Å². The Labute approximate surface area is 183 Å². The summed E-state index contributed by atoms with van der Waals surface area (Å²) >= 11 is 6.11. The van der Waals surface area contributed by atoms with Crippen LogP contribution in [0.2, 0.25) is 5.15 Å². The van der Waals surface area contributed by atoms with Crippen molar-refractivity contribution < 1.29 is 4.21 Å². The second-order valence-corrected chi connectivity index (χ2v) is 9.35. The predicted molar refractivity (Wildman–Crippen MR) is 124 cm³/mol. The van der Waals surface area contributed by atoms with Gasteiger partial charge in [-0.2, -0.15) is 4.98 Å². The van der Waals surface area contributed by atoms with E-state index in [0.29, 0.717) is 35.0 Å². The molecule has 3 aromatic rings. The summed E-state index contributed by atoms with van der Waals surface area (Å²) in [6.07, 6.45) is 1.68. The molecule has 0 saturated carbocycles. The summed E-state index contributed by atoms with van der Waals surface area (Å²) in [7, 11) is 1.16. The van der Waals surface area contributed by atoms with Gasteiger partial charge in [0, 0.05) is 60.4 Å². The minimum absolute atomic E-state index is 0.397. The van der Waals surface area contributed by atoms with Crippen molar-refractivity contribution in [1.29, 1.82) is 0 Å². The topological polar surface area (TPSA) is 74.2 Å². The first kappa shape index (κ1) is 21.0. The van der Waals surface area contributed by atoms with Gasteiger partial charge in [0.1, 0.15) is 11.0 Å². The average molecular weight is 445 g/mol. The molecule has 0 aliphatic carbocycles. The fraction of sp³-hybridized carbons (Fsp3) is 0.381. The monoisotopic (exact) mass is 444 g/mol. The first-order valence-electron chi connectivity index (χ1n) is 9.98. The lowest BCUT2D eigenvalue weighted by Gasteiger charge is -2.32. The first-order valence-corrected chi connectivity index (χ1v) is 11.8. The maximum atomic E-state index is 12.5. The number of rotatable bonds is 7. The molecular weight excluding hydrogens is 420 g/mol. The Kier molecular flexibility index (Phi) is 6.76. The van der Waals surface area contributed by atoms with Crippen molar-refractivity contribution in [3.63, 3.8) is 0 Å². The molecule has 1 saturated heterocycles. The van der Waals surface area contributed by atoms with Crippen LogP contribution in [0.5, 0.6) is 0 Å². The Bertz CT molecular complexity index is 1030. The highest BCUT2D eigenvalue weighted by Crippen LogP contribution is 2.25. The number of nitrogens with one attached hydrogen (secondary N) is 1. The van der Waals surface area contributed by atoms with E-state index in [9.17, 15) is 4.21 Å². The van der Waals surface area contributed by atoms with Crippen LogP contribution in [-0.2, 0) is 16.6 Å². The van der Waals surface area contributed by atoms with E-state index in [1.807, 2.05) is 30.3 Å². The van der Waals surface area contributed by atoms with E-state index >= 15 is 0 Å². The molecule has 1 aromatic carbocycles. The number of nitrogens with zero attached hydrogens (tertiary/aromatic N) is 5. The standard InChI is InChI=1S/C21H25ClN6OS/c1-27-8-10-28(11-9-27)21-25-18-14-24-19(22)13-17(18)20(26-21)23-7-12-30(29)15-16-5-3-2-4-6-16/h2-6,13-14H,7-12,15H2,1H3,(H,23,25,26). The number of hydrogen-bond donors (Lipinski definition) is 1. The Hall–Kier alpha value is -2.29. The zero-order chi connectivity index (χ0) is 20.9. The summed E-state index contributed by atoms with van der Waals surface area (Å²) < 4.78 is 12.5. The van der Waals surface area contributed by atoms with Crippen molar-refractivity contribution in [2.75, 3.05) is 55.7 Å². The predicted octanol–water partition coefficient (Wildman–Crippen LogP) is 2.79. The molecule has 1 aliphatic heterocycles. The Morgan fingerprint density at radius 3 is 2.67 bits per heavy atom. The second kappa shape index (κ2) is 9.68. The van der Waals surface area contributed by atoms with E-state index in [2.05, 4.69) is 27.1 Å². The van der Waals surface area contributed by atoms with Crippen LogP contribution in [0.15, 0.2) is 42.6 Å².